The molecule has 7 nitrogen and oxygen atoms in total. The lowest BCUT2D eigenvalue weighted by atomic mass is 10.4. The highest BCUT2D eigenvalue weighted by molar-refractivity contribution is 5.84. The number of aromatic nitrogens is 6. The van der Waals surface area contributed by atoms with Gasteiger partial charge in [-0.1, -0.05) is 6.92 Å². The molecule has 3 aromatic rings. The molecule has 3 heterocycles. The van der Waals surface area contributed by atoms with Crippen LogP contribution in [0.3, 0.4) is 0 Å². The molecule has 2 N–H and O–H groups in total. The molecule has 0 spiro atoms. The van der Waals surface area contributed by atoms with Gasteiger partial charge in [-0.05, 0) is 13.0 Å². The first-order valence-electron chi connectivity index (χ1n) is 5.62. The van der Waals surface area contributed by atoms with Crippen molar-refractivity contribution in [2.75, 3.05) is 6.54 Å². The number of nitrogens with zero attached hydrogens (tertiary/aromatic N) is 5. The molecule has 0 fully saturated rings. The minimum absolute atomic E-state index is 0.665. The molecular formula is C10H13N7. The van der Waals surface area contributed by atoms with Gasteiger partial charge in [0, 0.05) is 0 Å². The van der Waals surface area contributed by atoms with Crippen LogP contribution in [0, 0.1) is 0 Å². The standard InChI is InChI=1S/C10H13N7/c1-2-3-11-4-7-15-16-10-8-9(13-5-12-8)14-6-17(7)10/h5-6,11H,2-4H2,1H3,(H,12,13). The first-order valence-corrected chi connectivity index (χ1v) is 5.62. The van der Waals surface area contributed by atoms with E-state index < -0.39 is 0 Å². The summed E-state index contributed by atoms with van der Waals surface area (Å²) in [5.74, 6) is 0.859. The average molecular weight is 231 g/mol. The summed E-state index contributed by atoms with van der Waals surface area (Å²) in [7, 11) is 0. The van der Waals surface area contributed by atoms with E-state index in [1.165, 1.54) is 0 Å². The molecule has 0 atom stereocenters. The first kappa shape index (κ1) is 10.2. The Morgan fingerprint density at radius 2 is 2.29 bits per heavy atom. The first-order chi connectivity index (χ1) is 8.40. The van der Waals surface area contributed by atoms with Crippen molar-refractivity contribution in [1.82, 2.24) is 34.9 Å². The van der Waals surface area contributed by atoms with E-state index in [2.05, 4.69) is 37.4 Å². The zero-order chi connectivity index (χ0) is 11.7. The highest BCUT2D eigenvalue weighted by Gasteiger charge is 2.10. The highest BCUT2D eigenvalue weighted by atomic mass is 15.3. The number of imidazole rings is 1. The topological polar surface area (TPSA) is 83.8 Å². The Balaban J connectivity index is 2.03. The van der Waals surface area contributed by atoms with Gasteiger partial charge >= 0.3 is 0 Å². The van der Waals surface area contributed by atoms with E-state index in [0.717, 1.165) is 30.0 Å². The third kappa shape index (κ3) is 1.64. The van der Waals surface area contributed by atoms with Crippen LogP contribution < -0.4 is 5.32 Å². The summed E-state index contributed by atoms with van der Waals surface area (Å²) in [5, 5.41) is 11.6. The summed E-state index contributed by atoms with van der Waals surface area (Å²) in [6, 6.07) is 0. The van der Waals surface area contributed by atoms with Gasteiger partial charge in [0.05, 0.1) is 12.9 Å². The molecule has 0 aliphatic heterocycles. The molecular weight excluding hydrogens is 218 g/mol. The van der Waals surface area contributed by atoms with Crippen molar-refractivity contribution in [2.45, 2.75) is 19.9 Å². The summed E-state index contributed by atoms with van der Waals surface area (Å²) in [4.78, 5) is 11.4. The number of hydrogen-bond acceptors (Lipinski definition) is 5. The van der Waals surface area contributed by atoms with Crippen LogP contribution in [0.1, 0.15) is 19.2 Å². The van der Waals surface area contributed by atoms with Gasteiger partial charge in [-0.3, -0.25) is 4.40 Å². The number of hydrogen-bond donors (Lipinski definition) is 2. The van der Waals surface area contributed by atoms with Crippen LogP contribution in [0.2, 0.25) is 0 Å². The predicted molar refractivity (Wildman–Crippen MR) is 62.4 cm³/mol. The molecule has 3 rings (SSSR count). The smallest absolute Gasteiger partial charge is 0.189 e. The summed E-state index contributed by atoms with van der Waals surface area (Å²) in [6.07, 6.45) is 4.42. The molecule has 0 aliphatic carbocycles. The van der Waals surface area contributed by atoms with Crippen molar-refractivity contribution < 1.29 is 0 Å². The number of aromatic amines is 1. The second-order valence-corrected chi connectivity index (χ2v) is 3.83. The van der Waals surface area contributed by atoms with Crippen LogP contribution in [0.4, 0.5) is 0 Å². The van der Waals surface area contributed by atoms with Gasteiger partial charge in [0.2, 0.25) is 0 Å². The lowest BCUT2D eigenvalue weighted by Gasteiger charge is -2.00. The van der Waals surface area contributed by atoms with E-state index in [1.54, 1.807) is 12.7 Å². The zero-order valence-electron chi connectivity index (χ0n) is 9.51. The molecule has 0 bridgehead atoms. The zero-order valence-corrected chi connectivity index (χ0v) is 9.51. The van der Waals surface area contributed by atoms with Gasteiger partial charge in [0.25, 0.3) is 0 Å². The van der Waals surface area contributed by atoms with Crippen molar-refractivity contribution in [3.8, 4) is 0 Å². The quantitative estimate of drug-likeness (QED) is 0.639. The summed E-state index contributed by atoms with van der Waals surface area (Å²) in [6.45, 7) is 3.79. The van der Waals surface area contributed by atoms with Crippen LogP contribution in [0.25, 0.3) is 16.8 Å². The third-order valence-electron chi connectivity index (χ3n) is 2.61. The lowest BCUT2D eigenvalue weighted by Crippen LogP contribution is -2.16. The molecule has 0 unspecified atom stereocenters. The Hall–Kier alpha value is -2.02. The predicted octanol–water partition coefficient (Wildman–Crippen LogP) is 0.500. The van der Waals surface area contributed by atoms with Crippen LogP contribution in [-0.4, -0.2) is 36.1 Å². The minimum Gasteiger partial charge on any atom is -0.340 e. The van der Waals surface area contributed by atoms with Crippen LogP contribution >= 0.6 is 0 Å². The van der Waals surface area contributed by atoms with Crippen molar-refractivity contribution >= 4 is 16.8 Å². The Labute approximate surface area is 97.3 Å². The van der Waals surface area contributed by atoms with Crippen molar-refractivity contribution in [1.29, 1.82) is 0 Å². The molecule has 0 saturated heterocycles. The van der Waals surface area contributed by atoms with Gasteiger partial charge in [0.15, 0.2) is 17.1 Å². The second kappa shape index (κ2) is 4.10. The number of nitrogens with one attached hydrogen (secondary N) is 2. The summed E-state index contributed by atoms with van der Waals surface area (Å²) < 4.78 is 1.88. The van der Waals surface area contributed by atoms with Crippen molar-refractivity contribution in [3.63, 3.8) is 0 Å². The lowest BCUT2D eigenvalue weighted by molar-refractivity contribution is 0.644. The summed E-state index contributed by atoms with van der Waals surface area (Å²) in [5.41, 5.74) is 2.25. The van der Waals surface area contributed by atoms with E-state index in [9.17, 15) is 0 Å². The Kier molecular flexibility index (Phi) is 2.45. The maximum Gasteiger partial charge on any atom is 0.189 e. The van der Waals surface area contributed by atoms with E-state index >= 15 is 0 Å². The fraction of sp³-hybridized carbons (Fsp3) is 0.400. The fourth-order valence-corrected chi connectivity index (χ4v) is 1.77. The Morgan fingerprint density at radius 3 is 3.18 bits per heavy atom. The van der Waals surface area contributed by atoms with Crippen LogP contribution in [0.15, 0.2) is 12.7 Å². The van der Waals surface area contributed by atoms with E-state index in [1.807, 2.05) is 4.40 Å². The molecule has 0 saturated carbocycles. The van der Waals surface area contributed by atoms with Crippen molar-refractivity contribution in [2.24, 2.45) is 0 Å². The second-order valence-electron chi connectivity index (χ2n) is 3.83. The fourth-order valence-electron chi connectivity index (χ4n) is 1.77. The van der Waals surface area contributed by atoms with Crippen LogP contribution in [-0.2, 0) is 6.54 Å². The normalized spacial score (nSPS) is 11.6. The molecule has 0 amide bonds. The number of fused-ring (bicyclic) bond motifs is 3. The molecule has 17 heavy (non-hydrogen) atoms. The minimum atomic E-state index is 0.665. The number of rotatable bonds is 4. The Morgan fingerprint density at radius 1 is 1.35 bits per heavy atom. The molecule has 7 heteroatoms. The van der Waals surface area contributed by atoms with Crippen molar-refractivity contribution in [3.05, 3.63) is 18.5 Å². The van der Waals surface area contributed by atoms with E-state index in [-0.39, 0.29) is 0 Å². The van der Waals surface area contributed by atoms with Gasteiger partial charge < -0.3 is 10.3 Å². The summed E-state index contributed by atoms with van der Waals surface area (Å²) >= 11 is 0. The van der Waals surface area contributed by atoms with Gasteiger partial charge in [-0.25, -0.2) is 9.97 Å². The van der Waals surface area contributed by atoms with Gasteiger partial charge in [-0.15, -0.1) is 10.2 Å². The maximum atomic E-state index is 4.24. The molecule has 0 radical (unpaired) electrons. The molecule has 3 aromatic heterocycles. The molecule has 0 aliphatic rings. The SMILES string of the molecule is CCCNCc1nnc2c3[nH]cnc3ncn12. The monoisotopic (exact) mass is 231 g/mol. The van der Waals surface area contributed by atoms with E-state index in [4.69, 9.17) is 0 Å². The number of H-pyrrole nitrogens is 1. The van der Waals surface area contributed by atoms with Crippen LogP contribution in [0.5, 0.6) is 0 Å². The van der Waals surface area contributed by atoms with E-state index in [0.29, 0.717) is 12.2 Å². The molecule has 88 valence electrons. The third-order valence-corrected chi connectivity index (χ3v) is 2.61. The van der Waals surface area contributed by atoms with Gasteiger partial charge in [0.1, 0.15) is 11.8 Å². The largest absolute Gasteiger partial charge is 0.340 e. The highest BCUT2D eigenvalue weighted by Crippen LogP contribution is 2.12. The molecule has 0 aromatic carbocycles. The van der Waals surface area contributed by atoms with Gasteiger partial charge in [-0.2, -0.15) is 0 Å². The maximum absolute atomic E-state index is 4.24. The average Bonchev–Trinajstić information content (AvgIpc) is 2.94. The Bertz CT molecular complexity index is 638.